The number of carbonyl (C=O) groups excluding carboxylic acids is 1. The summed E-state index contributed by atoms with van der Waals surface area (Å²) in [5.74, 6) is -1.000. The minimum atomic E-state index is -0.942. The lowest BCUT2D eigenvalue weighted by Gasteiger charge is -2.23. The number of nitrogens with zero attached hydrogens (tertiary/aromatic N) is 3. The van der Waals surface area contributed by atoms with Gasteiger partial charge in [-0.25, -0.2) is 9.78 Å². The van der Waals surface area contributed by atoms with Gasteiger partial charge in [0.2, 0.25) is 0 Å². The summed E-state index contributed by atoms with van der Waals surface area (Å²) in [4.78, 5) is 33.1. The lowest BCUT2D eigenvalue weighted by molar-refractivity contribution is -0.142. The van der Waals surface area contributed by atoms with Gasteiger partial charge in [-0.15, -0.1) is 0 Å². The van der Waals surface area contributed by atoms with Crippen LogP contribution in [0.15, 0.2) is 12.4 Å². The molecule has 1 aromatic heterocycles. The molecule has 1 aliphatic carbocycles. The van der Waals surface area contributed by atoms with Crippen molar-refractivity contribution in [3.8, 4) is 0 Å². The molecule has 3 unspecified atom stereocenters. The van der Waals surface area contributed by atoms with Gasteiger partial charge in [0, 0.05) is 6.54 Å². The molecule has 2 heterocycles. The highest BCUT2D eigenvalue weighted by atomic mass is 35.5. The van der Waals surface area contributed by atoms with Crippen LogP contribution in [-0.2, 0) is 4.79 Å². The predicted molar refractivity (Wildman–Crippen MR) is 70.3 cm³/mol. The fraction of sp³-hybridized carbons (Fsp3) is 0.538. The van der Waals surface area contributed by atoms with E-state index in [9.17, 15) is 14.7 Å². The number of aliphatic carboxylic acids is 1. The van der Waals surface area contributed by atoms with Crippen molar-refractivity contribution >= 4 is 23.5 Å². The molecule has 1 aliphatic heterocycles. The number of rotatable bonds is 2. The number of carboxylic acids is 1. The van der Waals surface area contributed by atoms with E-state index in [1.165, 1.54) is 17.3 Å². The topological polar surface area (TPSA) is 83.4 Å². The molecule has 7 heteroatoms. The first kappa shape index (κ1) is 13.3. The zero-order valence-electron chi connectivity index (χ0n) is 10.7. The molecule has 20 heavy (non-hydrogen) atoms. The predicted octanol–water partition coefficient (Wildman–Crippen LogP) is 1.46. The van der Waals surface area contributed by atoms with E-state index >= 15 is 0 Å². The minimum Gasteiger partial charge on any atom is -0.480 e. The van der Waals surface area contributed by atoms with Gasteiger partial charge in [-0.2, -0.15) is 0 Å². The Bertz CT molecular complexity index is 566. The summed E-state index contributed by atoms with van der Waals surface area (Å²) in [6, 6.07) is -0.754. The van der Waals surface area contributed by atoms with Crippen molar-refractivity contribution in [1.29, 1.82) is 0 Å². The van der Waals surface area contributed by atoms with Crippen molar-refractivity contribution < 1.29 is 14.7 Å². The van der Waals surface area contributed by atoms with Crippen LogP contribution < -0.4 is 0 Å². The molecule has 0 aromatic carbocycles. The molecule has 1 amide bonds. The molecule has 6 nitrogen and oxygen atoms in total. The van der Waals surface area contributed by atoms with Gasteiger partial charge in [0.15, 0.2) is 0 Å². The van der Waals surface area contributed by atoms with Crippen LogP contribution in [0.25, 0.3) is 0 Å². The molecule has 0 radical (unpaired) electrons. The van der Waals surface area contributed by atoms with Crippen molar-refractivity contribution in [3.63, 3.8) is 0 Å². The van der Waals surface area contributed by atoms with Crippen molar-refractivity contribution in [2.75, 3.05) is 6.54 Å². The molecule has 1 saturated carbocycles. The lowest BCUT2D eigenvalue weighted by Crippen LogP contribution is -2.43. The third kappa shape index (κ3) is 2.14. The van der Waals surface area contributed by atoms with Crippen molar-refractivity contribution in [2.24, 2.45) is 11.8 Å². The fourth-order valence-electron chi connectivity index (χ4n) is 3.42. The van der Waals surface area contributed by atoms with E-state index < -0.39 is 17.9 Å². The first-order valence-corrected chi connectivity index (χ1v) is 6.97. The minimum absolute atomic E-state index is 0.0589. The Morgan fingerprint density at radius 3 is 2.85 bits per heavy atom. The molecular weight excluding hydrogens is 282 g/mol. The third-order valence-electron chi connectivity index (χ3n) is 4.23. The molecule has 106 valence electrons. The second-order valence-electron chi connectivity index (χ2n) is 5.32. The summed E-state index contributed by atoms with van der Waals surface area (Å²) in [7, 11) is 0. The average Bonchev–Trinajstić information content (AvgIpc) is 2.96. The number of amides is 1. The monoisotopic (exact) mass is 295 g/mol. The van der Waals surface area contributed by atoms with E-state index in [1.54, 1.807) is 0 Å². The zero-order chi connectivity index (χ0) is 14.3. The quantitative estimate of drug-likeness (QED) is 0.893. The molecule has 1 N–H and O–H groups in total. The van der Waals surface area contributed by atoms with Gasteiger partial charge in [-0.3, -0.25) is 9.78 Å². The van der Waals surface area contributed by atoms with Gasteiger partial charge in [0.1, 0.15) is 16.9 Å². The Balaban J connectivity index is 1.89. The van der Waals surface area contributed by atoms with Gasteiger partial charge in [-0.05, 0) is 24.7 Å². The normalized spacial score (nSPS) is 28.4. The molecule has 0 spiro atoms. The third-order valence-corrected chi connectivity index (χ3v) is 4.41. The Hall–Kier alpha value is -1.69. The molecule has 3 atom stereocenters. The van der Waals surface area contributed by atoms with Crippen LogP contribution in [-0.4, -0.2) is 44.4 Å². The number of likely N-dealkylation sites (tertiary alicyclic amines) is 1. The summed E-state index contributed by atoms with van der Waals surface area (Å²) >= 11 is 5.73. The van der Waals surface area contributed by atoms with Crippen LogP contribution in [0.3, 0.4) is 0 Å². The van der Waals surface area contributed by atoms with Gasteiger partial charge in [0.05, 0.1) is 12.4 Å². The number of halogens is 1. The van der Waals surface area contributed by atoms with Crippen LogP contribution in [0, 0.1) is 11.8 Å². The number of carbonyl (C=O) groups is 2. The maximum absolute atomic E-state index is 12.4. The maximum Gasteiger partial charge on any atom is 0.326 e. The first-order chi connectivity index (χ1) is 9.58. The van der Waals surface area contributed by atoms with E-state index in [0.29, 0.717) is 6.54 Å². The van der Waals surface area contributed by atoms with Crippen LogP contribution in [0.5, 0.6) is 0 Å². The van der Waals surface area contributed by atoms with E-state index in [-0.39, 0.29) is 22.7 Å². The van der Waals surface area contributed by atoms with Gasteiger partial charge in [0.25, 0.3) is 5.91 Å². The van der Waals surface area contributed by atoms with Gasteiger partial charge in [-0.1, -0.05) is 18.0 Å². The highest BCUT2D eigenvalue weighted by molar-refractivity contribution is 6.29. The first-order valence-electron chi connectivity index (χ1n) is 6.59. The Kier molecular flexibility index (Phi) is 3.33. The van der Waals surface area contributed by atoms with Crippen molar-refractivity contribution in [3.05, 3.63) is 23.2 Å². The largest absolute Gasteiger partial charge is 0.480 e. The Morgan fingerprint density at radius 1 is 1.35 bits per heavy atom. The molecule has 2 fully saturated rings. The SMILES string of the molecule is O=C(O)C1C2CCCC2CN1C(=O)c1cncc(Cl)n1. The molecule has 1 aromatic rings. The average molecular weight is 296 g/mol. The Morgan fingerprint density at radius 2 is 2.15 bits per heavy atom. The molecule has 3 rings (SSSR count). The van der Waals surface area contributed by atoms with Crippen LogP contribution in [0.1, 0.15) is 29.8 Å². The number of hydrogen-bond acceptors (Lipinski definition) is 4. The maximum atomic E-state index is 12.4. The Labute approximate surface area is 120 Å². The number of hydrogen-bond donors (Lipinski definition) is 1. The number of carboxylic acid groups (broad SMARTS) is 1. The van der Waals surface area contributed by atoms with E-state index in [4.69, 9.17) is 11.6 Å². The lowest BCUT2D eigenvalue weighted by atomic mass is 9.94. The number of fused-ring (bicyclic) bond motifs is 1. The second kappa shape index (κ2) is 5.01. The van der Waals surface area contributed by atoms with Crippen molar-refractivity contribution in [2.45, 2.75) is 25.3 Å². The zero-order valence-corrected chi connectivity index (χ0v) is 11.5. The van der Waals surface area contributed by atoms with Gasteiger partial charge < -0.3 is 10.0 Å². The summed E-state index contributed by atoms with van der Waals surface area (Å²) < 4.78 is 0. The molecule has 1 saturated heterocycles. The van der Waals surface area contributed by atoms with Crippen molar-refractivity contribution in [1.82, 2.24) is 14.9 Å². The second-order valence-corrected chi connectivity index (χ2v) is 5.71. The van der Waals surface area contributed by atoms with Crippen LogP contribution in [0.4, 0.5) is 0 Å². The smallest absolute Gasteiger partial charge is 0.326 e. The standard InChI is InChI=1S/C13H14ClN3O3/c14-10-5-15-4-9(16-10)12(18)17-6-7-2-1-3-8(7)11(17)13(19)20/h4-5,7-8,11H,1-3,6H2,(H,19,20). The number of aromatic nitrogens is 2. The molecular formula is C13H14ClN3O3. The highest BCUT2D eigenvalue weighted by Gasteiger charge is 2.49. The van der Waals surface area contributed by atoms with E-state index in [1.807, 2.05) is 0 Å². The fourth-order valence-corrected chi connectivity index (χ4v) is 3.57. The summed E-state index contributed by atoms with van der Waals surface area (Å²) in [5, 5.41) is 9.55. The van der Waals surface area contributed by atoms with E-state index in [2.05, 4.69) is 9.97 Å². The van der Waals surface area contributed by atoms with Gasteiger partial charge >= 0.3 is 5.97 Å². The summed E-state index contributed by atoms with van der Waals surface area (Å²) in [5.41, 5.74) is 0.101. The molecule has 0 bridgehead atoms. The summed E-state index contributed by atoms with van der Waals surface area (Å²) in [6.45, 7) is 0.481. The summed E-state index contributed by atoms with van der Waals surface area (Å²) in [6.07, 6.45) is 5.55. The van der Waals surface area contributed by atoms with Crippen LogP contribution >= 0.6 is 11.6 Å². The molecule has 2 aliphatic rings. The van der Waals surface area contributed by atoms with Crippen LogP contribution in [0.2, 0.25) is 5.15 Å². The van der Waals surface area contributed by atoms with E-state index in [0.717, 1.165) is 19.3 Å². The highest BCUT2D eigenvalue weighted by Crippen LogP contribution is 2.42.